The molecule has 152 valence electrons. The van der Waals surface area contributed by atoms with Crippen LogP contribution in [0.2, 0.25) is 0 Å². The van der Waals surface area contributed by atoms with Gasteiger partial charge in [0.1, 0.15) is 0 Å². The van der Waals surface area contributed by atoms with Crippen molar-refractivity contribution < 1.29 is 19.1 Å². The van der Waals surface area contributed by atoms with E-state index in [0.29, 0.717) is 17.2 Å². The Morgan fingerprint density at radius 3 is 2.19 bits per heavy atom. The van der Waals surface area contributed by atoms with Gasteiger partial charge in [-0.05, 0) is 34.4 Å². The number of carbonyl (C=O) groups excluding carboxylic acids is 2. The molecular weight excluding hydrogens is 390 g/mol. The second kappa shape index (κ2) is 5.55. The Morgan fingerprint density at radius 1 is 0.839 bits per heavy atom. The molecule has 2 atom stereocenters. The number of benzene rings is 3. The minimum atomic E-state index is -0.551. The summed E-state index contributed by atoms with van der Waals surface area (Å²) < 4.78 is 10.9. The first-order valence-corrected chi connectivity index (χ1v) is 10.6. The van der Waals surface area contributed by atoms with Gasteiger partial charge in [0, 0.05) is 17.4 Å². The topological polar surface area (TPSA) is 55.8 Å². The fourth-order valence-corrected chi connectivity index (χ4v) is 6.43. The molecule has 5 aliphatic rings. The molecule has 2 bridgehead atoms. The molecule has 3 aromatic carbocycles. The first-order chi connectivity index (χ1) is 15.1. The second-order valence-electron chi connectivity index (χ2n) is 8.91. The van der Waals surface area contributed by atoms with E-state index >= 15 is 0 Å². The van der Waals surface area contributed by atoms with Crippen LogP contribution >= 0.6 is 0 Å². The second-order valence-corrected chi connectivity index (χ2v) is 8.91. The van der Waals surface area contributed by atoms with Crippen LogP contribution in [0.4, 0.5) is 5.69 Å². The molecule has 5 nitrogen and oxygen atoms in total. The lowest BCUT2D eigenvalue weighted by molar-refractivity contribution is -0.123. The van der Waals surface area contributed by atoms with E-state index in [1.807, 2.05) is 24.3 Å². The maximum absolute atomic E-state index is 13.9. The fraction of sp³-hybridized carbons (Fsp3) is 0.231. The van der Waals surface area contributed by atoms with Crippen molar-refractivity contribution >= 4 is 17.5 Å². The molecule has 2 amide bonds. The van der Waals surface area contributed by atoms with E-state index in [0.717, 1.165) is 11.1 Å². The summed E-state index contributed by atoms with van der Waals surface area (Å²) >= 11 is 0. The quantitative estimate of drug-likeness (QED) is 0.571. The number of hydrogen-bond donors (Lipinski definition) is 0. The lowest BCUT2D eigenvalue weighted by Crippen LogP contribution is -2.51. The Bertz CT molecular complexity index is 1260. The minimum absolute atomic E-state index is 0.116. The number of rotatable bonds is 1. The number of imide groups is 1. The van der Waals surface area contributed by atoms with Crippen molar-refractivity contribution in [2.24, 2.45) is 11.8 Å². The molecule has 0 unspecified atom stereocenters. The summed E-state index contributed by atoms with van der Waals surface area (Å²) in [5.41, 5.74) is 4.65. The number of anilines is 1. The summed E-state index contributed by atoms with van der Waals surface area (Å²) in [7, 11) is 0. The lowest BCUT2D eigenvalue weighted by atomic mass is 9.48. The van der Waals surface area contributed by atoms with Crippen LogP contribution in [-0.2, 0) is 15.0 Å². The molecule has 0 aromatic heterocycles. The maximum atomic E-state index is 13.9. The zero-order valence-corrected chi connectivity index (χ0v) is 16.9. The Kier molecular flexibility index (Phi) is 3.06. The molecule has 1 saturated heterocycles. The number of fused-ring (bicyclic) bond motifs is 1. The molecule has 0 radical (unpaired) electrons. The minimum Gasteiger partial charge on any atom is -0.454 e. The van der Waals surface area contributed by atoms with Crippen LogP contribution in [0, 0.1) is 11.8 Å². The third-order valence-electron chi connectivity index (χ3n) is 7.66. The summed E-state index contributed by atoms with van der Waals surface area (Å²) in [6, 6.07) is 21.8. The third kappa shape index (κ3) is 1.88. The van der Waals surface area contributed by atoms with Gasteiger partial charge < -0.3 is 9.47 Å². The van der Waals surface area contributed by atoms with E-state index in [1.54, 1.807) is 18.2 Å². The first kappa shape index (κ1) is 17.1. The van der Waals surface area contributed by atoms with E-state index in [4.69, 9.17) is 9.47 Å². The Morgan fingerprint density at radius 2 is 1.48 bits per heavy atom. The highest BCUT2D eigenvalue weighted by molar-refractivity contribution is 6.23. The van der Waals surface area contributed by atoms with E-state index < -0.39 is 17.3 Å². The molecule has 3 aliphatic carbocycles. The first-order valence-electron chi connectivity index (χ1n) is 10.6. The molecule has 31 heavy (non-hydrogen) atoms. The van der Waals surface area contributed by atoms with Crippen molar-refractivity contribution in [3.63, 3.8) is 0 Å². The van der Waals surface area contributed by atoms with Gasteiger partial charge in [-0.3, -0.25) is 9.59 Å². The average Bonchev–Trinajstić information content (AvgIpc) is 3.37. The highest BCUT2D eigenvalue weighted by atomic mass is 16.7. The van der Waals surface area contributed by atoms with Gasteiger partial charge in [-0.25, -0.2) is 4.90 Å². The SMILES string of the molecule is CC12c3ccccc3C(c3ccccc31)[C@H]1C(=O)N(c3ccc4c(c3)OCO4)C(=O)[C@@H]12. The van der Waals surface area contributed by atoms with Crippen molar-refractivity contribution in [3.05, 3.63) is 89.0 Å². The average molecular weight is 409 g/mol. The van der Waals surface area contributed by atoms with Crippen molar-refractivity contribution in [1.82, 2.24) is 0 Å². The van der Waals surface area contributed by atoms with Crippen LogP contribution in [0.5, 0.6) is 11.5 Å². The summed E-state index contributed by atoms with van der Waals surface area (Å²) in [6.45, 7) is 2.28. The molecule has 8 rings (SSSR count). The Balaban J connectivity index is 1.45. The molecule has 0 saturated carbocycles. The van der Waals surface area contributed by atoms with Crippen LogP contribution in [-0.4, -0.2) is 18.6 Å². The largest absolute Gasteiger partial charge is 0.454 e. The molecule has 3 aromatic rings. The summed E-state index contributed by atoms with van der Waals surface area (Å²) in [4.78, 5) is 29.1. The lowest BCUT2D eigenvalue weighted by Gasteiger charge is -2.52. The Labute approximate surface area is 179 Å². The zero-order chi connectivity index (χ0) is 20.9. The van der Waals surface area contributed by atoms with Crippen LogP contribution < -0.4 is 14.4 Å². The van der Waals surface area contributed by atoms with Gasteiger partial charge in [0.25, 0.3) is 0 Å². The fourth-order valence-electron chi connectivity index (χ4n) is 6.43. The van der Waals surface area contributed by atoms with E-state index in [-0.39, 0.29) is 24.5 Å². The van der Waals surface area contributed by atoms with Gasteiger partial charge in [0.2, 0.25) is 18.6 Å². The van der Waals surface area contributed by atoms with Gasteiger partial charge in [-0.1, -0.05) is 55.5 Å². The van der Waals surface area contributed by atoms with Crippen LogP contribution in [0.1, 0.15) is 35.1 Å². The molecule has 0 spiro atoms. The van der Waals surface area contributed by atoms with Crippen LogP contribution in [0.25, 0.3) is 0 Å². The third-order valence-corrected chi connectivity index (χ3v) is 7.66. The van der Waals surface area contributed by atoms with E-state index in [9.17, 15) is 9.59 Å². The summed E-state index contributed by atoms with van der Waals surface area (Å²) in [5.74, 6) is -0.0251. The molecule has 5 heteroatoms. The smallest absolute Gasteiger partial charge is 0.238 e. The highest BCUT2D eigenvalue weighted by Crippen LogP contribution is 2.64. The predicted octanol–water partition coefficient (Wildman–Crippen LogP) is 3.99. The van der Waals surface area contributed by atoms with Gasteiger partial charge in [-0.15, -0.1) is 0 Å². The zero-order valence-electron chi connectivity index (χ0n) is 16.9. The van der Waals surface area contributed by atoms with Crippen molar-refractivity contribution in [2.45, 2.75) is 18.3 Å². The molecule has 1 fully saturated rings. The number of amides is 2. The Hall–Kier alpha value is -3.60. The predicted molar refractivity (Wildman–Crippen MR) is 113 cm³/mol. The standard InChI is InChI=1S/C26H19NO4/c1-26-17-8-4-2-6-15(17)21(16-7-3-5-9-18(16)26)22-23(26)25(29)27(24(22)28)14-10-11-19-20(12-14)31-13-30-19/h2-12,21-23H,13H2,1H3/t21?,22-,23-,26?/m1/s1. The number of hydrogen-bond acceptors (Lipinski definition) is 4. The maximum Gasteiger partial charge on any atom is 0.238 e. The molecule has 2 heterocycles. The van der Waals surface area contributed by atoms with Gasteiger partial charge in [-0.2, -0.15) is 0 Å². The van der Waals surface area contributed by atoms with Crippen LogP contribution in [0.3, 0.4) is 0 Å². The summed E-state index contributed by atoms with van der Waals surface area (Å²) in [5, 5.41) is 0. The van der Waals surface area contributed by atoms with Gasteiger partial charge in [0.05, 0.1) is 17.5 Å². The highest BCUT2D eigenvalue weighted by Gasteiger charge is 2.66. The van der Waals surface area contributed by atoms with Crippen LogP contribution in [0.15, 0.2) is 66.7 Å². The van der Waals surface area contributed by atoms with Gasteiger partial charge >= 0.3 is 0 Å². The normalized spacial score (nSPS) is 29.1. The van der Waals surface area contributed by atoms with Crippen molar-refractivity contribution in [3.8, 4) is 11.5 Å². The monoisotopic (exact) mass is 409 g/mol. The molecular formula is C26H19NO4. The number of nitrogens with zero attached hydrogens (tertiary/aromatic N) is 1. The number of ether oxygens (including phenoxy) is 2. The molecule has 2 aliphatic heterocycles. The molecule has 0 N–H and O–H groups in total. The van der Waals surface area contributed by atoms with E-state index in [2.05, 4.69) is 31.2 Å². The summed E-state index contributed by atoms with van der Waals surface area (Å²) in [6.07, 6.45) is 0. The van der Waals surface area contributed by atoms with Gasteiger partial charge in [0.15, 0.2) is 11.5 Å². The van der Waals surface area contributed by atoms with E-state index in [1.165, 1.54) is 16.0 Å². The van der Waals surface area contributed by atoms with Crippen molar-refractivity contribution in [2.75, 3.05) is 11.7 Å². The number of carbonyl (C=O) groups is 2. The van der Waals surface area contributed by atoms with Crippen molar-refractivity contribution in [1.29, 1.82) is 0 Å².